The number of hydrogen-bond acceptors (Lipinski definition) is 5. The van der Waals surface area contributed by atoms with Crippen LogP contribution in [0.5, 0.6) is 0 Å². The van der Waals surface area contributed by atoms with Crippen molar-refractivity contribution in [3.8, 4) is 0 Å². The molecule has 3 N–H and O–H groups in total. The molecule has 0 saturated carbocycles. The van der Waals surface area contributed by atoms with Gasteiger partial charge in [0.1, 0.15) is 0 Å². The van der Waals surface area contributed by atoms with E-state index in [0.29, 0.717) is 5.82 Å². The zero-order valence-corrected chi connectivity index (χ0v) is 11.7. The van der Waals surface area contributed by atoms with Gasteiger partial charge in [0, 0.05) is 25.2 Å². The summed E-state index contributed by atoms with van der Waals surface area (Å²) in [7, 11) is 1.65. The van der Waals surface area contributed by atoms with Gasteiger partial charge >= 0.3 is 5.97 Å². The zero-order chi connectivity index (χ0) is 14.6. The normalized spacial score (nSPS) is 11.2. The molecule has 0 aliphatic carbocycles. The summed E-state index contributed by atoms with van der Waals surface area (Å²) in [5.41, 5.74) is 5.16. The summed E-state index contributed by atoms with van der Waals surface area (Å²) in [6.07, 6.45) is 1.71. The summed E-state index contributed by atoms with van der Waals surface area (Å²) in [4.78, 5) is 27.3. The molecule has 0 fully saturated rings. The second-order valence-electron chi connectivity index (χ2n) is 4.99. The second-order valence-corrected chi connectivity index (χ2v) is 4.99. The summed E-state index contributed by atoms with van der Waals surface area (Å²) < 4.78 is 6.35. The smallest absolute Gasteiger partial charge is 0.374 e. The van der Waals surface area contributed by atoms with E-state index in [4.69, 9.17) is 10.5 Å². The molecule has 1 rings (SSSR count). The molecule has 1 amide bonds. The van der Waals surface area contributed by atoms with Crippen molar-refractivity contribution < 1.29 is 14.3 Å². The molecule has 0 spiro atoms. The number of ether oxygens (including phenoxy) is 1. The number of aromatic nitrogens is 2. The first kappa shape index (κ1) is 15.2. The summed E-state index contributed by atoms with van der Waals surface area (Å²) >= 11 is 0. The molecule has 1 heterocycles. The predicted octanol–water partition coefficient (Wildman–Crippen LogP) is 0.663. The molecule has 7 heteroatoms. The lowest BCUT2D eigenvalue weighted by Gasteiger charge is -2.16. The summed E-state index contributed by atoms with van der Waals surface area (Å²) in [6.45, 7) is 5.51. The Morgan fingerprint density at radius 1 is 1.53 bits per heavy atom. The zero-order valence-electron chi connectivity index (χ0n) is 11.7. The summed E-state index contributed by atoms with van der Waals surface area (Å²) in [6, 6.07) is 0. The Kier molecular flexibility index (Phi) is 4.66. The number of carbonyl (C=O) groups excluding carboxylic acids is 2. The van der Waals surface area contributed by atoms with Crippen LogP contribution in [0.2, 0.25) is 0 Å². The number of nitrogens with one attached hydrogen (secondary N) is 1. The van der Waals surface area contributed by atoms with Crippen LogP contribution in [0.15, 0.2) is 6.20 Å². The summed E-state index contributed by atoms with van der Waals surface area (Å²) in [5.74, 6) is -0.324. The maximum atomic E-state index is 11.7. The third-order valence-corrected chi connectivity index (χ3v) is 2.22. The molecule has 0 aliphatic rings. The highest BCUT2D eigenvalue weighted by atomic mass is 16.5. The van der Waals surface area contributed by atoms with Gasteiger partial charge in [-0.3, -0.25) is 4.79 Å². The molecular weight excluding hydrogens is 248 g/mol. The van der Waals surface area contributed by atoms with Gasteiger partial charge in [-0.25, -0.2) is 9.78 Å². The van der Waals surface area contributed by atoms with E-state index >= 15 is 0 Å². The van der Waals surface area contributed by atoms with Gasteiger partial charge in [0.2, 0.25) is 11.7 Å². The number of aryl methyl sites for hydroxylation is 1. The van der Waals surface area contributed by atoms with Gasteiger partial charge < -0.3 is 20.4 Å². The van der Waals surface area contributed by atoms with Crippen molar-refractivity contribution in [2.24, 2.45) is 12.8 Å². The summed E-state index contributed by atoms with van der Waals surface area (Å²) in [5, 5.41) is 2.60. The van der Waals surface area contributed by atoms with Crippen LogP contribution in [0.3, 0.4) is 0 Å². The Hall–Kier alpha value is -1.89. The van der Waals surface area contributed by atoms with Gasteiger partial charge in [-0.1, -0.05) is 0 Å². The number of carbonyl (C=O) groups is 2. The molecule has 0 bridgehead atoms. The predicted molar refractivity (Wildman–Crippen MR) is 70.7 cm³/mol. The maximum absolute atomic E-state index is 11.7. The van der Waals surface area contributed by atoms with Crippen LogP contribution in [0.25, 0.3) is 0 Å². The topological polar surface area (TPSA) is 99.2 Å². The number of esters is 1. The largest absolute Gasteiger partial charge is 0.460 e. The van der Waals surface area contributed by atoms with E-state index in [1.807, 2.05) is 0 Å². The minimum absolute atomic E-state index is 0.143. The third kappa shape index (κ3) is 4.70. The SMILES string of the molecule is CCOC(=O)c1nc(NC(=O)CC(C)(C)N)cn1C. The number of nitrogens with two attached hydrogens (primary N) is 1. The maximum Gasteiger partial charge on any atom is 0.374 e. The number of rotatable bonds is 5. The van der Waals surface area contributed by atoms with Crippen LogP contribution in [0, 0.1) is 0 Å². The minimum atomic E-state index is -0.594. The Bertz CT molecular complexity index is 474. The van der Waals surface area contributed by atoms with Crippen molar-refractivity contribution in [3.63, 3.8) is 0 Å². The van der Waals surface area contributed by atoms with Gasteiger partial charge in [0.15, 0.2) is 5.82 Å². The van der Waals surface area contributed by atoms with Crippen LogP contribution in [-0.2, 0) is 16.6 Å². The van der Waals surface area contributed by atoms with Crippen LogP contribution < -0.4 is 11.1 Å². The average Bonchev–Trinajstić information content (AvgIpc) is 2.56. The first-order valence-corrected chi connectivity index (χ1v) is 6.02. The lowest BCUT2D eigenvalue weighted by atomic mass is 10.0. The Morgan fingerprint density at radius 3 is 2.68 bits per heavy atom. The first-order chi connectivity index (χ1) is 8.73. The monoisotopic (exact) mass is 268 g/mol. The molecule has 1 aromatic rings. The van der Waals surface area contributed by atoms with Crippen molar-refractivity contribution in [1.82, 2.24) is 9.55 Å². The minimum Gasteiger partial charge on any atom is -0.460 e. The number of imidazole rings is 1. The number of amides is 1. The molecule has 1 aromatic heterocycles. The fourth-order valence-corrected chi connectivity index (χ4v) is 1.51. The molecule has 7 nitrogen and oxygen atoms in total. The molecule has 106 valence electrons. The van der Waals surface area contributed by atoms with Crippen molar-refractivity contribution in [3.05, 3.63) is 12.0 Å². The van der Waals surface area contributed by atoms with Crippen LogP contribution in [-0.4, -0.2) is 33.6 Å². The van der Waals surface area contributed by atoms with Crippen LogP contribution in [0.4, 0.5) is 5.82 Å². The van der Waals surface area contributed by atoms with Crippen molar-refractivity contribution in [2.75, 3.05) is 11.9 Å². The highest BCUT2D eigenvalue weighted by Gasteiger charge is 2.19. The van der Waals surface area contributed by atoms with Gasteiger partial charge in [0.25, 0.3) is 0 Å². The number of anilines is 1. The Labute approximate surface area is 112 Å². The lowest BCUT2D eigenvalue weighted by molar-refractivity contribution is -0.117. The fourth-order valence-electron chi connectivity index (χ4n) is 1.51. The average molecular weight is 268 g/mol. The van der Waals surface area contributed by atoms with Gasteiger partial charge in [0.05, 0.1) is 6.61 Å². The highest BCUT2D eigenvalue weighted by Crippen LogP contribution is 2.11. The third-order valence-electron chi connectivity index (χ3n) is 2.22. The van der Waals surface area contributed by atoms with E-state index in [0.717, 1.165) is 0 Å². The molecule has 0 radical (unpaired) electrons. The Morgan fingerprint density at radius 2 is 2.16 bits per heavy atom. The van der Waals surface area contributed by atoms with E-state index in [1.165, 1.54) is 4.57 Å². The fraction of sp³-hybridized carbons (Fsp3) is 0.583. The van der Waals surface area contributed by atoms with E-state index in [1.54, 1.807) is 34.0 Å². The second kappa shape index (κ2) is 5.83. The number of nitrogens with zero attached hydrogens (tertiary/aromatic N) is 2. The van der Waals surface area contributed by atoms with E-state index in [-0.39, 0.29) is 24.8 Å². The standard InChI is InChI=1S/C12H20N4O3/c1-5-19-11(18)10-15-8(7-16(10)4)14-9(17)6-12(2,3)13/h7H,5-6,13H2,1-4H3,(H,14,17). The lowest BCUT2D eigenvalue weighted by Crippen LogP contribution is -2.36. The molecule has 0 aliphatic heterocycles. The van der Waals surface area contributed by atoms with E-state index in [2.05, 4.69) is 10.3 Å². The van der Waals surface area contributed by atoms with E-state index < -0.39 is 11.5 Å². The molecular formula is C12H20N4O3. The quantitative estimate of drug-likeness (QED) is 0.764. The Balaban J connectivity index is 2.74. The van der Waals surface area contributed by atoms with Gasteiger partial charge in [-0.05, 0) is 20.8 Å². The molecule has 0 atom stereocenters. The van der Waals surface area contributed by atoms with Crippen LogP contribution >= 0.6 is 0 Å². The van der Waals surface area contributed by atoms with Gasteiger partial charge in [-0.15, -0.1) is 0 Å². The van der Waals surface area contributed by atoms with Crippen LogP contribution in [0.1, 0.15) is 37.8 Å². The molecule has 19 heavy (non-hydrogen) atoms. The molecule has 0 saturated heterocycles. The molecule has 0 aromatic carbocycles. The van der Waals surface area contributed by atoms with E-state index in [9.17, 15) is 9.59 Å². The number of hydrogen-bond donors (Lipinski definition) is 2. The highest BCUT2D eigenvalue weighted by molar-refractivity contribution is 5.92. The molecule has 0 unspecified atom stereocenters. The van der Waals surface area contributed by atoms with Crippen molar-refractivity contribution in [1.29, 1.82) is 0 Å². The van der Waals surface area contributed by atoms with Crippen molar-refractivity contribution in [2.45, 2.75) is 32.7 Å². The van der Waals surface area contributed by atoms with Gasteiger partial charge in [-0.2, -0.15) is 0 Å². The first-order valence-electron chi connectivity index (χ1n) is 6.02. The van der Waals surface area contributed by atoms with Crippen molar-refractivity contribution >= 4 is 17.7 Å².